The summed E-state index contributed by atoms with van der Waals surface area (Å²) in [5, 5.41) is 11.6. The number of hydrogen-bond donors (Lipinski definition) is 2. The molecule has 0 aliphatic carbocycles. The van der Waals surface area contributed by atoms with Crippen LogP contribution >= 0.6 is 23.8 Å². The highest BCUT2D eigenvalue weighted by atomic mass is 35.5. The average molecular weight is 473 g/mol. The monoisotopic (exact) mass is 472 g/mol. The Morgan fingerprint density at radius 1 is 1.06 bits per heavy atom. The van der Waals surface area contributed by atoms with Crippen molar-refractivity contribution in [1.82, 2.24) is 15.3 Å². The van der Waals surface area contributed by atoms with Crippen molar-refractivity contribution in [2.45, 2.75) is 12.5 Å². The van der Waals surface area contributed by atoms with Gasteiger partial charge in [0.2, 0.25) is 0 Å². The maximum Gasteiger partial charge on any atom is 0.258 e. The van der Waals surface area contributed by atoms with E-state index in [0.29, 0.717) is 27.8 Å². The van der Waals surface area contributed by atoms with Gasteiger partial charge in [-0.1, -0.05) is 72.3 Å². The standard InChI is InChI=1S/C26H21ClN4OS/c1-28-26(33)31-22(16-8-4-2-5-9-16)15-21(30-31)24-23(17-10-6-3-7-11-17)19-14-18(27)12-13-20(19)29-25(24)32/h2-14,22H,15H2,1H3,(H,28,33)(H,29,32)/t22-/m0/s1. The molecule has 0 bridgehead atoms. The quantitative estimate of drug-likeness (QED) is 0.386. The van der Waals surface area contributed by atoms with Gasteiger partial charge in [0.05, 0.1) is 17.3 Å². The third kappa shape index (κ3) is 3.92. The number of aromatic nitrogens is 1. The van der Waals surface area contributed by atoms with Crippen molar-refractivity contribution in [3.05, 3.63) is 105 Å². The smallest absolute Gasteiger partial charge is 0.258 e. The van der Waals surface area contributed by atoms with Crippen molar-refractivity contribution in [3.8, 4) is 11.1 Å². The second kappa shape index (κ2) is 8.81. The second-order valence-electron chi connectivity index (χ2n) is 7.84. The van der Waals surface area contributed by atoms with Crippen LogP contribution in [0.5, 0.6) is 0 Å². The molecule has 0 unspecified atom stereocenters. The average Bonchev–Trinajstić information content (AvgIpc) is 3.29. The summed E-state index contributed by atoms with van der Waals surface area (Å²) in [5.74, 6) is 0. The van der Waals surface area contributed by atoms with Gasteiger partial charge in [0.1, 0.15) is 0 Å². The van der Waals surface area contributed by atoms with E-state index in [1.807, 2.05) is 60.7 Å². The highest BCUT2D eigenvalue weighted by molar-refractivity contribution is 7.80. The van der Waals surface area contributed by atoms with Gasteiger partial charge >= 0.3 is 0 Å². The molecule has 2 N–H and O–H groups in total. The molecule has 0 spiro atoms. The van der Waals surface area contributed by atoms with Gasteiger partial charge in [0.15, 0.2) is 5.11 Å². The zero-order valence-corrected chi connectivity index (χ0v) is 19.5. The van der Waals surface area contributed by atoms with Gasteiger partial charge in [-0.05, 0) is 41.5 Å². The molecule has 0 saturated heterocycles. The van der Waals surface area contributed by atoms with E-state index in [4.69, 9.17) is 28.9 Å². The molecule has 0 fully saturated rings. The van der Waals surface area contributed by atoms with Crippen LogP contribution in [0, 0.1) is 0 Å². The number of nitrogens with one attached hydrogen (secondary N) is 2. The molecule has 2 heterocycles. The Bertz CT molecular complexity index is 1430. The van der Waals surface area contributed by atoms with Crippen LogP contribution in [0.15, 0.2) is 88.8 Å². The first-order chi connectivity index (χ1) is 16.1. The Balaban J connectivity index is 1.75. The van der Waals surface area contributed by atoms with Crippen LogP contribution in [-0.4, -0.2) is 27.9 Å². The van der Waals surface area contributed by atoms with Crippen LogP contribution in [0.3, 0.4) is 0 Å². The number of nitrogens with zero attached hydrogens (tertiary/aromatic N) is 2. The van der Waals surface area contributed by atoms with Crippen molar-refractivity contribution >= 4 is 45.5 Å². The van der Waals surface area contributed by atoms with Crippen molar-refractivity contribution in [2.75, 3.05) is 7.05 Å². The number of hydrazone groups is 1. The van der Waals surface area contributed by atoms with E-state index in [0.717, 1.165) is 27.6 Å². The highest BCUT2D eigenvalue weighted by Crippen LogP contribution is 2.37. The number of halogens is 1. The molecule has 7 heteroatoms. The lowest BCUT2D eigenvalue weighted by molar-refractivity contribution is 0.367. The summed E-state index contributed by atoms with van der Waals surface area (Å²) in [7, 11) is 1.78. The number of hydrogen-bond acceptors (Lipinski definition) is 3. The Morgan fingerprint density at radius 2 is 1.76 bits per heavy atom. The SMILES string of the molecule is CNC(=S)N1N=C(c2c(-c3ccccc3)c3cc(Cl)ccc3[nH]c2=O)C[C@H]1c1ccccc1. The summed E-state index contributed by atoms with van der Waals surface area (Å²) < 4.78 is 0. The largest absolute Gasteiger partial charge is 0.364 e. The minimum Gasteiger partial charge on any atom is -0.364 e. The lowest BCUT2D eigenvalue weighted by Crippen LogP contribution is -2.34. The van der Waals surface area contributed by atoms with Crippen molar-refractivity contribution in [3.63, 3.8) is 0 Å². The minimum absolute atomic E-state index is 0.112. The van der Waals surface area contributed by atoms with Gasteiger partial charge in [-0.2, -0.15) is 5.10 Å². The minimum atomic E-state index is -0.188. The summed E-state index contributed by atoms with van der Waals surface area (Å²) in [6.07, 6.45) is 0.542. The molecule has 0 radical (unpaired) electrons. The van der Waals surface area contributed by atoms with Crippen LogP contribution < -0.4 is 10.9 Å². The van der Waals surface area contributed by atoms with Crippen LogP contribution in [0.2, 0.25) is 5.02 Å². The van der Waals surface area contributed by atoms with Crippen molar-refractivity contribution in [1.29, 1.82) is 0 Å². The molecule has 164 valence electrons. The number of H-pyrrole nitrogens is 1. The van der Waals surface area contributed by atoms with E-state index in [1.165, 1.54) is 0 Å². The van der Waals surface area contributed by atoms with Gasteiger partial charge in [-0.3, -0.25) is 4.79 Å². The molecule has 4 aromatic rings. The zero-order valence-electron chi connectivity index (χ0n) is 17.9. The Kier molecular flexibility index (Phi) is 5.70. The van der Waals surface area contributed by atoms with E-state index < -0.39 is 0 Å². The molecular formula is C26H21ClN4OS. The third-order valence-corrected chi connectivity index (χ3v) is 6.47. The van der Waals surface area contributed by atoms with E-state index in [2.05, 4.69) is 22.4 Å². The number of rotatable bonds is 3. The first-order valence-electron chi connectivity index (χ1n) is 10.6. The third-order valence-electron chi connectivity index (χ3n) is 5.84. The zero-order chi connectivity index (χ0) is 22.9. The Hall–Kier alpha value is -3.48. The lowest BCUT2D eigenvalue weighted by atomic mass is 9.91. The molecule has 1 aromatic heterocycles. The van der Waals surface area contributed by atoms with E-state index in [-0.39, 0.29) is 11.6 Å². The van der Waals surface area contributed by atoms with Gasteiger partial charge < -0.3 is 10.3 Å². The van der Waals surface area contributed by atoms with Crippen LogP contribution in [-0.2, 0) is 0 Å². The normalized spacial score (nSPS) is 15.5. The number of benzene rings is 3. The molecule has 3 aromatic carbocycles. The summed E-state index contributed by atoms with van der Waals surface area (Å²) in [6, 6.07) is 25.3. The molecule has 5 rings (SSSR count). The predicted octanol–water partition coefficient (Wildman–Crippen LogP) is 5.50. The predicted molar refractivity (Wildman–Crippen MR) is 139 cm³/mol. The van der Waals surface area contributed by atoms with Crippen molar-refractivity contribution in [2.24, 2.45) is 5.10 Å². The fourth-order valence-corrected chi connectivity index (χ4v) is 4.68. The van der Waals surface area contributed by atoms with E-state index in [9.17, 15) is 4.79 Å². The number of fused-ring (bicyclic) bond motifs is 1. The van der Waals surface area contributed by atoms with Crippen LogP contribution in [0.4, 0.5) is 0 Å². The van der Waals surface area contributed by atoms with Gasteiger partial charge in [0, 0.05) is 35.0 Å². The second-order valence-corrected chi connectivity index (χ2v) is 8.66. The van der Waals surface area contributed by atoms with Gasteiger partial charge in [-0.25, -0.2) is 5.01 Å². The summed E-state index contributed by atoms with van der Waals surface area (Å²) >= 11 is 11.9. The van der Waals surface area contributed by atoms with Crippen LogP contribution in [0.25, 0.3) is 22.0 Å². The topological polar surface area (TPSA) is 60.5 Å². The number of aromatic amines is 1. The summed E-state index contributed by atoms with van der Waals surface area (Å²) in [6.45, 7) is 0. The molecular weight excluding hydrogens is 452 g/mol. The lowest BCUT2D eigenvalue weighted by Gasteiger charge is -2.23. The van der Waals surface area contributed by atoms with Crippen LogP contribution in [0.1, 0.15) is 23.6 Å². The van der Waals surface area contributed by atoms with Gasteiger partial charge in [-0.15, -0.1) is 0 Å². The highest BCUT2D eigenvalue weighted by Gasteiger charge is 2.33. The van der Waals surface area contributed by atoms with Gasteiger partial charge in [0.25, 0.3) is 5.56 Å². The molecule has 1 aliphatic heterocycles. The molecule has 0 amide bonds. The molecule has 0 saturated carbocycles. The maximum absolute atomic E-state index is 13.5. The first-order valence-corrected chi connectivity index (χ1v) is 11.4. The summed E-state index contributed by atoms with van der Waals surface area (Å²) in [4.78, 5) is 16.5. The molecule has 1 atom stereocenters. The molecule has 1 aliphatic rings. The Labute approximate surface area is 201 Å². The Morgan fingerprint density at radius 3 is 2.45 bits per heavy atom. The number of thiocarbonyl (C=S) groups is 1. The molecule has 33 heavy (non-hydrogen) atoms. The number of pyridine rings is 1. The van der Waals surface area contributed by atoms with Crippen molar-refractivity contribution < 1.29 is 0 Å². The van der Waals surface area contributed by atoms with E-state index in [1.54, 1.807) is 18.1 Å². The fourth-order valence-electron chi connectivity index (χ4n) is 4.34. The summed E-state index contributed by atoms with van der Waals surface area (Å²) in [5.41, 5.74) is 4.59. The molecule has 5 nitrogen and oxygen atoms in total. The fraction of sp³-hybridized carbons (Fsp3) is 0.115. The first kappa shape index (κ1) is 21.4. The maximum atomic E-state index is 13.5. The van der Waals surface area contributed by atoms with E-state index >= 15 is 0 Å².